The van der Waals surface area contributed by atoms with Gasteiger partial charge in [0.1, 0.15) is 0 Å². The first-order valence-corrected chi connectivity index (χ1v) is 15.0. The first kappa shape index (κ1) is 29.1. The fourth-order valence-electron chi connectivity index (χ4n) is 5.61. The molecule has 3 aromatic carbocycles. The number of benzene rings is 3. The Kier molecular flexibility index (Phi) is 9.33. The quantitative estimate of drug-likeness (QED) is 0.235. The number of aromatic nitrogens is 2. The van der Waals surface area contributed by atoms with E-state index in [9.17, 15) is 9.59 Å². The number of nitriles is 1. The highest BCUT2D eigenvalue weighted by Gasteiger charge is 2.32. The summed E-state index contributed by atoms with van der Waals surface area (Å²) in [5.74, 6) is 0.381. The van der Waals surface area contributed by atoms with Gasteiger partial charge >= 0.3 is 0 Å². The second kappa shape index (κ2) is 13.5. The minimum absolute atomic E-state index is 0.0739. The average molecular weight is 562 g/mol. The van der Waals surface area contributed by atoms with E-state index in [2.05, 4.69) is 60.5 Å². The lowest BCUT2D eigenvalue weighted by molar-refractivity contribution is -0.140. The van der Waals surface area contributed by atoms with Crippen LogP contribution in [0.2, 0.25) is 0 Å². The van der Waals surface area contributed by atoms with Crippen molar-refractivity contribution in [1.29, 1.82) is 5.26 Å². The first-order chi connectivity index (χ1) is 20.4. The van der Waals surface area contributed by atoms with Gasteiger partial charge in [0.15, 0.2) is 0 Å². The minimum Gasteiger partial charge on any atom is -0.351 e. The number of carbonyl (C=O) groups excluding carboxylic acids is 2. The number of nitrogens with zero attached hydrogens (tertiary/aromatic N) is 4. The molecule has 7 heteroatoms. The summed E-state index contributed by atoms with van der Waals surface area (Å²) >= 11 is 0. The van der Waals surface area contributed by atoms with Crippen LogP contribution in [0.5, 0.6) is 0 Å². The van der Waals surface area contributed by atoms with Crippen LogP contribution in [0.15, 0.2) is 79.3 Å². The molecule has 2 atom stereocenters. The topological polar surface area (TPSA) is 91.0 Å². The summed E-state index contributed by atoms with van der Waals surface area (Å²) in [5.41, 5.74) is 3.59. The van der Waals surface area contributed by atoms with Crippen molar-refractivity contribution in [3.05, 3.63) is 102 Å². The van der Waals surface area contributed by atoms with E-state index in [0.717, 1.165) is 53.3 Å². The third-order valence-electron chi connectivity index (χ3n) is 8.68. The number of fused-ring (bicyclic) bond motifs is 1. The molecule has 42 heavy (non-hydrogen) atoms. The Labute approximate surface area is 248 Å². The average Bonchev–Trinajstić information content (AvgIpc) is 3.41. The summed E-state index contributed by atoms with van der Waals surface area (Å²) in [6, 6.07) is 24.0. The Bertz CT molecular complexity index is 1560. The second-order valence-electron chi connectivity index (χ2n) is 11.5. The maximum atomic E-state index is 13.7. The van der Waals surface area contributed by atoms with Crippen molar-refractivity contribution in [2.45, 2.75) is 65.1 Å². The van der Waals surface area contributed by atoms with Gasteiger partial charge in [0, 0.05) is 43.5 Å². The summed E-state index contributed by atoms with van der Waals surface area (Å²) in [7, 11) is 0. The van der Waals surface area contributed by atoms with E-state index in [1.165, 1.54) is 0 Å². The molecule has 0 spiro atoms. The molecule has 2 amide bonds. The molecule has 0 bridgehead atoms. The fraction of sp³-hybridized carbons (Fsp3) is 0.371. The Morgan fingerprint density at radius 2 is 1.86 bits per heavy atom. The molecule has 7 nitrogen and oxygen atoms in total. The molecule has 1 aliphatic rings. The zero-order valence-corrected chi connectivity index (χ0v) is 24.5. The van der Waals surface area contributed by atoms with Crippen LogP contribution in [-0.4, -0.2) is 38.9 Å². The summed E-state index contributed by atoms with van der Waals surface area (Å²) in [6.07, 6.45) is 7.53. The highest BCUT2D eigenvalue weighted by Crippen LogP contribution is 2.30. The molecule has 1 saturated carbocycles. The molecule has 216 valence electrons. The van der Waals surface area contributed by atoms with E-state index in [-0.39, 0.29) is 36.1 Å². The number of carbonyl (C=O) groups is 2. The highest BCUT2D eigenvalue weighted by atomic mass is 16.2. The first-order valence-electron chi connectivity index (χ1n) is 15.0. The molecule has 0 aliphatic heterocycles. The summed E-state index contributed by atoms with van der Waals surface area (Å²) in [5, 5.41) is 14.7. The fourth-order valence-corrected chi connectivity index (χ4v) is 5.61. The van der Waals surface area contributed by atoms with Crippen molar-refractivity contribution in [3.8, 4) is 6.07 Å². The molecular weight excluding hydrogens is 522 g/mol. The van der Waals surface area contributed by atoms with Crippen molar-refractivity contribution in [2.75, 3.05) is 6.54 Å². The third kappa shape index (κ3) is 6.88. The summed E-state index contributed by atoms with van der Waals surface area (Å²) in [6.45, 7) is 5.84. The normalized spacial score (nSPS) is 14.5. The molecule has 1 heterocycles. The van der Waals surface area contributed by atoms with Gasteiger partial charge in [-0.25, -0.2) is 4.98 Å². The van der Waals surface area contributed by atoms with Gasteiger partial charge in [0.2, 0.25) is 11.8 Å². The minimum atomic E-state index is -0.170. The smallest absolute Gasteiger partial charge is 0.226 e. The highest BCUT2D eigenvalue weighted by molar-refractivity contribution is 5.86. The van der Waals surface area contributed by atoms with Gasteiger partial charge in [-0.1, -0.05) is 81.3 Å². The lowest BCUT2D eigenvalue weighted by atomic mass is 9.84. The van der Waals surface area contributed by atoms with Gasteiger partial charge in [0.25, 0.3) is 0 Å². The lowest BCUT2D eigenvalue weighted by Crippen LogP contribution is -2.50. The number of hydrogen-bond acceptors (Lipinski definition) is 4. The standard InChI is InChI=1S/C35H39N5O2/c1-3-25(2)33(38-34(41)18-31-20-37-24-40(31)21-27-16-14-26(19-36)15-17-27)23-39(35(42)29-10-7-11-29)22-30-12-6-9-28-8-4-5-13-32(28)30/h4-6,8-9,12-17,20,24-25,29,33H,3,7,10-11,18,21-23H2,1-2H3,(H,38,41)/t25-,33+/m0/s1. The van der Waals surface area contributed by atoms with E-state index < -0.39 is 0 Å². The van der Waals surface area contributed by atoms with Crippen LogP contribution in [0, 0.1) is 23.2 Å². The molecule has 1 N–H and O–H groups in total. The maximum absolute atomic E-state index is 13.7. The van der Waals surface area contributed by atoms with Crippen molar-refractivity contribution >= 4 is 22.6 Å². The van der Waals surface area contributed by atoms with Gasteiger partial charge in [-0.2, -0.15) is 5.26 Å². The van der Waals surface area contributed by atoms with Crippen molar-refractivity contribution in [2.24, 2.45) is 11.8 Å². The zero-order chi connectivity index (χ0) is 29.5. The molecule has 1 fully saturated rings. The Morgan fingerprint density at radius 3 is 2.57 bits per heavy atom. The molecule has 5 rings (SSSR count). The van der Waals surface area contributed by atoms with Gasteiger partial charge in [-0.3, -0.25) is 9.59 Å². The Hall–Kier alpha value is -4.44. The largest absolute Gasteiger partial charge is 0.351 e. The molecule has 1 aromatic heterocycles. The monoisotopic (exact) mass is 561 g/mol. The van der Waals surface area contributed by atoms with E-state index in [1.807, 2.05) is 33.7 Å². The van der Waals surface area contributed by atoms with Crippen LogP contribution in [0.25, 0.3) is 10.8 Å². The molecule has 4 aromatic rings. The SMILES string of the molecule is CC[C@H](C)[C@@H](CN(Cc1cccc2ccccc12)C(=O)C1CCC1)NC(=O)Cc1cncn1Cc1ccc(C#N)cc1. The van der Waals surface area contributed by atoms with E-state index in [0.29, 0.717) is 25.2 Å². The summed E-state index contributed by atoms with van der Waals surface area (Å²) in [4.78, 5) is 33.4. The predicted molar refractivity (Wildman–Crippen MR) is 164 cm³/mol. The second-order valence-corrected chi connectivity index (χ2v) is 11.5. The van der Waals surface area contributed by atoms with Crippen LogP contribution < -0.4 is 5.32 Å². The van der Waals surface area contributed by atoms with Gasteiger partial charge in [-0.05, 0) is 52.8 Å². The number of rotatable bonds is 12. The number of hydrogen-bond donors (Lipinski definition) is 1. The van der Waals surface area contributed by atoms with Crippen molar-refractivity contribution in [3.63, 3.8) is 0 Å². The molecule has 0 saturated heterocycles. The maximum Gasteiger partial charge on any atom is 0.226 e. The third-order valence-corrected chi connectivity index (χ3v) is 8.68. The molecule has 1 aliphatic carbocycles. The molecular formula is C35H39N5O2. The van der Waals surface area contributed by atoms with E-state index in [1.54, 1.807) is 24.7 Å². The number of amides is 2. The van der Waals surface area contributed by atoms with Gasteiger partial charge < -0.3 is 14.8 Å². The predicted octanol–water partition coefficient (Wildman–Crippen LogP) is 5.86. The van der Waals surface area contributed by atoms with Crippen LogP contribution in [0.4, 0.5) is 0 Å². The molecule has 0 radical (unpaired) electrons. The number of imidazole rings is 1. The van der Waals surface area contributed by atoms with Gasteiger partial charge in [0.05, 0.1) is 24.4 Å². The van der Waals surface area contributed by atoms with Crippen molar-refractivity contribution < 1.29 is 9.59 Å². The van der Waals surface area contributed by atoms with Crippen LogP contribution >= 0.6 is 0 Å². The van der Waals surface area contributed by atoms with Crippen LogP contribution in [-0.2, 0) is 29.1 Å². The van der Waals surface area contributed by atoms with Gasteiger partial charge in [-0.15, -0.1) is 0 Å². The van der Waals surface area contributed by atoms with Crippen LogP contribution in [0.1, 0.15) is 61.9 Å². The lowest BCUT2D eigenvalue weighted by Gasteiger charge is -2.36. The van der Waals surface area contributed by atoms with Crippen LogP contribution in [0.3, 0.4) is 0 Å². The summed E-state index contributed by atoms with van der Waals surface area (Å²) < 4.78 is 1.96. The molecule has 0 unspecified atom stereocenters. The zero-order valence-electron chi connectivity index (χ0n) is 24.5. The van der Waals surface area contributed by atoms with E-state index in [4.69, 9.17) is 5.26 Å². The Balaban J connectivity index is 1.31. The van der Waals surface area contributed by atoms with E-state index >= 15 is 0 Å². The van der Waals surface area contributed by atoms with Crippen molar-refractivity contribution in [1.82, 2.24) is 19.8 Å². The Morgan fingerprint density at radius 1 is 1.10 bits per heavy atom. The number of nitrogens with one attached hydrogen (secondary N) is 1.